The van der Waals surface area contributed by atoms with Crippen molar-refractivity contribution in [2.45, 2.75) is 13.0 Å². The summed E-state index contributed by atoms with van der Waals surface area (Å²) in [5.41, 5.74) is 1.46. The van der Waals surface area contributed by atoms with Crippen molar-refractivity contribution in [1.82, 2.24) is 14.5 Å². The third-order valence-corrected chi connectivity index (χ3v) is 3.11. The zero-order valence-corrected chi connectivity index (χ0v) is 11.1. The highest BCUT2D eigenvalue weighted by atomic mass is 32.1. The van der Waals surface area contributed by atoms with Gasteiger partial charge in [-0.25, -0.2) is 4.39 Å². The molecule has 0 bridgehead atoms. The van der Waals surface area contributed by atoms with Gasteiger partial charge in [-0.1, -0.05) is 0 Å². The van der Waals surface area contributed by atoms with Gasteiger partial charge >= 0.3 is 0 Å². The maximum Gasteiger partial charge on any atom is 0.223 e. The fourth-order valence-electron chi connectivity index (χ4n) is 1.78. The number of carbonyl (C=O) groups is 1. The molecule has 0 aliphatic rings. The van der Waals surface area contributed by atoms with Crippen LogP contribution in [0, 0.1) is 10.6 Å². The van der Waals surface area contributed by atoms with E-state index in [1.807, 2.05) is 0 Å². The van der Waals surface area contributed by atoms with Crippen LogP contribution in [0.3, 0.4) is 0 Å². The number of carbonyl (C=O) groups excluding carboxylic acids is 1. The molecular formula is C12H14FN3OS. The summed E-state index contributed by atoms with van der Waals surface area (Å²) < 4.78 is 15.5. The first kappa shape index (κ1) is 12.8. The van der Waals surface area contributed by atoms with E-state index < -0.39 is 0 Å². The van der Waals surface area contributed by atoms with Crippen LogP contribution >= 0.6 is 12.2 Å². The number of hydrogen-bond acceptors (Lipinski definition) is 2. The molecule has 6 heteroatoms. The Morgan fingerprint density at radius 1 is 1.50 bits per heavy atom. The van der Waals surface area contributed by atoms with E-state index in [9.17, 15) is 9.18 Å². The smallest absolute Gasteiger partial charge is 0.223 e. The summed E-state index contributed by atoms with van der Waals surface area (Å²) in [6.45, 7) is 0.444. The van der Waals surface area contributed by atoms with E-state index in [4.69, 9.17) is 12.2 Å². The molecule has 1 heterocycles. The molecule has 0 saturated heterocycles. The number of aromatic nitrogens is 2. The number of rotatable bonds is 3. The SMILES string of the molecule is CN(C)C(=O)CCn1c(=S)[nH]c2ccc(F)cc21. The van der Waals surface area contributed by atoms with E-state index in [-0.39, 0.29) is 11.7 Å². The predicted octanol–water partition coefficient (Wildman–Crippen LogP) is 2.32. The van der Waals surface area contributed by atoms with Gasteiger partial charge in [0.1, 0.15) is 5.82 Å². The summed E-state index contributed by atoms with van der Waals surface area (Å²) in [4.78, 5) is 16.1. The average Bonchev–Trinajstić information content (AvgIpc) is 2.61. The molecule has 0 unspecified atom stereocenters. The van der Waals surface area contributed by atoms with Gasteiger partial charge in [-0.3, -0.25) is 4.79 Å². The monoisotopic (exact) mass is 267 g/mol. The van der Waals surface area contributed by atoms with E-state index in [2.05, 4.69) is 4.98 Å². The lowest BCUT2D eigenvalue weighted by Crippen LogP contribution is -2.22. The minimum absolute atomic E-state index is 0.0163. The van der Waals surface area contributed by atoms with Crippen molar-refractivity contribution in [2.24, 2.45) is 0 Å². The largest absolute Gasteiger partial charge is 0.349 e. The Hall–Kier alpha value is -1.69. The van der Waals surface area contributed by atoms with Crippen LogP contribution < -0.4 is 0 Å². The Labute approximate surface area is 109 Å². The molecule has 1 aromatic carbocycles. The van der Waals surface area contributed by atoms with Crippen LogP contribution in [0.15, 0.2) is 18.2 Å². The minimum Gasteiger partial charge on any atom is -0.349 e. The fraction of sp³-hybridized carbons (Fsp3) is 0.333. The summed E-state index contributed by atoms with van der Waals surface area (Å²) in [5.74, 6) is -0.299. The van der Waals surface area contributed by atoms with Crippen LogP contribution in [0.4, 0.5) is 4.39 Å². The molecule has 0 radical (unpaired) electrons. The molecule has 96 valence electrons. The number of nitrogens with one attached hydrogen (secondary N) is 1. The molecule has 0 spiro atoms. The molecular weight excluding hydrogens is 253 g/mol. The molecule has 0 fully saturated rings. The number of nitrogens with zero attached hydrogens (tertiary/aromatic N) is 2. The lowest BCUT2D eigenvalue weighted by atomic mass is 10.3. The van der Waals surface area contributed by atoms with Crippen molar-refractivity contribution in [3.05, 3.63) is 28.8 Å². The minimum atomic E-state index is -0.316. The number of H-pyrrole nitrogens is 1. The Bertz CT molecular complexity index is 644. The van der Waals surface area contributed by atoms with Crippen molar-refractivity contribution in [1.29, 1.82) is 0 Å². The Balaban J connectivity index is 2.33. The van der Waals surface area contributed by atoms with E-state index >= 15 is 0 Å². The molecule has 1 aromatic heterocycles. The zero-order valence-electron chi connectivity index (χ0n) is 10.2. The van der Waals surface area contributed by atoms with Gasteiger partial charge < -0.3 is 14.5 Å². The molecule has 1 amide bonds. The molecule has 0 aliphatic carbocycles. The van der Waals surface area contributed by atoms with Crippen molar-refractivity contribution in [3.63, 3.8) is 0 Å². The summed E-state index contributed by atoms with van der Waals surface area (Å²) in [5, 5.41) is 0. The van der Waals surface area contributed by atoms with Gasteiger partial charge in [0, 0.05) is 27.1 Å². The van der Waals surface area contributed by atoms with E-state index in [1.165, 1.54) is 17.0 Å². The van der Waals surface area contributed by atoms with Crippen LogP contribution in [0.25, 0.3) is 11.0 Å². The van der Waals surface area contributed by atoms with Gasteiger partial charge in [0.25, 0.3) is 0 Å². The fourth-order valence-corrected chi connectivity index (χ4v) is 2.08. The first-order chi connectivity index (χ1) is 8.49. The number of benzene rings is 1. The molecule has 0 atom stereocenters. The Kier molecular flexibility index (Phi) is 3.47. The van der Waals surface area contributed by atoms with Gasteiger partial charge in [-0.05, 0) is 30.4 Å². The highest BCUT2D eigenvalue weighted by Gasteiger charge is 2.09. The van der Waals surface area contributed by atoms with Crippen LogP contribution in [0.5, 0.6) is 0 Å². The van der Waals surface area contributed by atoms with Gasteiger partial charge in [-0.15, -0.1) is 0 Å². The average molecular weight is 267 g/mol. The molecule has 0 saturated carbocycles. The highest BCUT2D eigenvalue weighted by molar-refractivity contribution is 7.71. The van der Waals surface area contributed by atoms with Crippen LogP contribution in [-0.4, -0.2) is 34.5 Å². The van der Waals surface area contributed by atoms with E-state index in [1.54, 1.807) is 24.7 Å². The number of aryl methyl sites for hydroxylation is 1. The topological polar surface area (TPSA) is 41.0 Å². The number of hydrogen-bond donors (Lipinski definition) is 1. The summed E-state index contributed by atoms with van der Waals surface area (Å²) in [7, 11) is 3.41. The second kappa shape index (κ2) is 4.89. The van der Waals surface area contributed by atoms with Crippen molar-refractivity contribution < 1.29 is 9.18 Å². The lowest BCUT2D eigenvalue weighted by Gasteiger charge is -2.10. The number of amides is 1. The summed E-state index contributed by atoms with van der Waals surface area (Å²) in [6, 6.07) is 4.44. The van der Waals surface area contributed by atoms with Gasteiger partial charge in [0.05, 0.1) is 11.0 Å². The molecule has 0 aliphatic heterocycles. The van der Waals surface area contributed by atoms with Gasteiger partial charge in [-0.2, -0.15) is 0 Å². The number of imidazole rings is 1. The van der Waals surface area contributed by atoms with Crippen LogP contribution in [0.1, 0.15) is 6.42 Å². The second-order valence-corrected chi connectivity index (χ2v) is 4.67. The van der Waals surface area contributed by atoms with E-state index in [0.29, 0.717) is 23.3 Å². The van der Waals surface area contributed by atoms with Crippen molar-refractivity contribution >= 4 is 29.2 Å². The standard InChI is InChI=1S/C12H14FN3OS/c1-15(2)11(17)5-6-16-10-7-8(13)3-4-9(10)14-12(16)18/h3-4,7H,5-6H2,1-2H3,(H,14,18). The van der Waals surface area contributed by atoms with Crippen molar-refractivity contribution in [2.75, 3.05) is 14.1 Å². The first-order valence-electron chi connectivity index (χ1n) is 5.57. The third-order valence-electron chi connectivity index (χ3n) is 2.79. The number of aromatic amines is 1. The van der Waals surface area contributed by atoms with Gasteiger partial charge in [0.15, 0.2) is 4.77 Å². The summed E-state index contributed by atoms with van der Waals surface area (Å²) in [6.07, 6.45) is 0.338. The third kappa shape index (κ3) is 2.43. The quantitative estimate of drug-likeness (QED) is 0.867. The predicted molar refractivity (Wildman–Crippen MR) is 70.4 cm³/mol. The first-order valence-corrected chi connectivity index (χ1v) is 5.98. The molecule has 1 N–H and O–H groups in total. The molecule has 4 nitrogen and oxygen atoms in total. The second-order valence-electron chi connectivity index (χ2n) is 4.28. The zero-order chi connectivity index (χ0) is 13.3. The maximum atomic E-state index is 13.2. The lowest BCUT2D eigenvalue weighted by molar-refractivity contribution is -0.128. The molecule has 18 heavy (non-hydrogen) atoms. The normalized spacial score (nSPS) is 10.8. The number of fused-ring (bicyclic) bond motifs is 1. The van der Waals surface area contributed by atoms with Crippen LogP contribution in [0.2, 0.25) is 0 Å². The van der Waals surface area contributed by atoms with Crippen LogP contribution in [-0.2, 0) is 11.3 Å². The summed E-state index contributed by atoms with van der Waals surface area (Å²) >= 11 is 5.17. The van der Waals surface area contributed by atoms with E-state index in [0.717, 1.165) is 5.52 Å². The van der Waals surface area contributed by atoms with Gasteiger partial charge in [0.2, 0.25) is 5.91 Å². The molecule has 2 aromatic rings. The Morgan fingerprint density at radius 3 is 2.89 bits per heavy atom. The van der Waals surface area contributed by atoms with Crippen molar-refractivity contribution in [3.8, 4) is 0 Å². The molecule has 2 rings (SSSR count). The highest BCUT2D eigenvalue weighted by Crippen LogP contribution is 2.16. The number of halogens is 1. The maximum absolute atomic E-state index is 13.2. The Morgan fingerprint density at radius 2 is 2.22 bits per heavy atom.